The zero-order valence-electron chi connectivity index (χ0n) is 12.7. The lowest BCUT2D eigenvalue weighted by Crippen LogP contribution is -2.47. The number of hydrogen-bond donors (Lipinski definition) is 3. The number of carbonyl (C=O) groups is 2. The average Bonchev–Trinajstić information content (AvgIpc) is 2.37. The Balaban J connectivity index is 2.45. The number of allylic oxidation sites excluding steroid dienone is 1. The summed E-state index contributed by atoms with van der Waals surface area (Å²) in [6.45, 7) is 6.73. The molecular formula is C15H26N2O3. The summed E-state index contributed by atoms with van der Waals surface area (Å²) in [7, 11) is 0. The van der Waals surface area contributed by atoms with Crippen LogP contribution in [0, 0.1) is 11.3 Å². The van der Waals surface area contributed by atoms with Gasteiger partial charge in [0.2, 0.25) is 0 Å². The summed E-state index contributed by atoms with van der Waals surface area (Å²) in [6, 6.07) is -0.304. The Morgan fingerprint density at radius 2 is 1.85 bits per heavy atom. The van der Waals surface area contributed by atoms with Gasteiger partial charge in [0.25, 0.3) is 0 Å². The van der Waals surface area contributed by atoms with Gasteiger partial charge in [-0.25, -0.2) is 4.79 Å². The minimum absolute atomic E-state index is 0.204. The van der Waals surface area contributed by atoms with Crippen LogP contribution in [0.5, 0.6) is 0 Å². The maximum atomic E-state index is 11.7. The molecule has 0 spiro atoms. The van der Waals surface area contributed by atoms with E-state index in [9.17, 15) is 14.7 Å². The number of carboxylic acids is 1. The van der Waals surface area contributed by atoms with E-state index < -0.39 is 11.4 Å². The summed E-state index contributed by atoms with van der Waals surface area (Å²) >= 11 is 0. The second-order valence-electron chi connectivity index (χ2n) is 6.11. The zero-order valence-corrected chi connectivity index (χ0v) is 12.7. The first-order valence-electron chi connectivity index (χ1n) is 7.24. The molecule has 0 radical (unpaired) electrons. The van der Waals surface area contributed by atoms with Crippen LogP contribution in [-0.4, -0.2) is 30.2 Å². The highest BCUT2D eigenvalue weighted by Gasteiger charge is 2.41. The molecule has 2 amide bonds. The first-order valence-corrected chi connectivity index (χ1v) is 7.24. The standard InChI is InChI=1S/C15H26N2O3/c1-11(2)6-9-16-14(20)17-10-15(13(18)19)7-4-12(3)5-8-15/h6,12H,4-5,7-10H2,1-3H3,(H,18,19)(H2,16,17,20). The van der Waals surface area contributed by atoms with Gasteiger partial charge >= 0.3 is 12.0 Å². The monoisotopic (exact) mass is 282 g/mol. The quantitative estimate of drug-likeness (QED) is 0.678. The first-order chi connectivity index (χ1) is 9.35. The molecule has 1 saturated carbocycles. The molecule has 0 atom stereocenters. The summed E-state index contributed by atoms with van der Waals surface area (Å²) in [4.78, 5) is 23.2. The van der Waals surface area contributed by atoms with Crippen LogP contribution in [0.1, 0.15) is 46.5 Å². The first kappa shape index (κ1) is 16.5. The smallest absolute Gasteiger partial charge is 0.315 e. The Hall–Kier alpha value is -1.52. The largest absolute Gasteiger partial charge is 0.481 e. The van der Waals surface area contributed by atoms with Gasteiger partial charge in [-0.3, -0.25) is 4.79 Å². The van der Waals surface area contributed by atoms with Crippen LogP contribution < -0.4 is 10.6 Å². The highest BCUT2D eigenvalue weighted by Crippen LogP contribution is 2.38. The van der Waals surface area contributed by atoms with Gasteiger partial charge in [-0.15, -0.1) is 0 Å². The van der Waals surface area contributed by atoms with Crippen molar-refractivity contribution in [3.63, 3.8) is 0 Å². The van der Waals surface area contributed by atoms with E-state index in [1.165, 1.54) is 0 Å². The third kappa shape index (κ3) is 4.87. The van der Waals surface area contributed by atoms with E-state index in [0.29, 0.717) is 25.3 Å². The van der Waals surface area contributed by atoms with Crippen LogP contribution >= 0.6 is 0 Å². The number of urea groups is 1. The molecule has 114 valence electrons. The molecule has 0 unspecified atom stereocenters. The van der Waals surface area contributed by atoms with Crippen molar-refractivity contribution in [2.75, 3.05) is 13.1 Å². The molecule has 0 aromatic carbocycles. The predicted octanol–water partition coefficient (Wildman–Crippen LogP) is 2.53. The highest BCUT2D eigenvalue weighted by molar-refractivity contribution is 5.78. The lowest BCUT2D eigenvalue weighted by atomic mass is 9.71. The summed E-state index contributed by atoms with van der Waals surface area (Å²) in [5.74, 6) is -0.219. The fourth-order valence-corrected chi connectivity index (χ4v) is 2.44. The Kier molecular flexibility index (Phi) is 6.05. The van der Waals surface area contributed by atoms with Crippen LogP contribution in [0.4, 0.5) is 4.79 Å². The fourth-order valence-electron chi connectivity index (χ4n) is 2.44. The second-order valence-corrected chi connectivity index (χ2v) is 6.11. The minimum Gasteiger partial charge on any atom is -0.481 e. The van der Waals surface area contributed by atoms with Gasteiger partial charge in [0, 0.05) is 13.1 Å². The van der Waals surface area contributed by atoms with E-state index in [1.807, 2.05) is 19.9 Å². The minimum atomic E-state index is -0.797. The number of aliphatic carboxylic acids is 1. The van der Waals surface area contributed by atoms with Crippen molar-refractivity contribution in [1.29, 1.82) is 0 Å². The molecule has 0 heterocycles. The van der Waals surface area contributed by atoms with Crippen LogP contribution in [0.3, 0.4) is 0 Å². The predicted molar refractivity (Wildman–Crippen MR) is 78.5 cm³/mol. The molecular weight excluding hydrogens is 256 g/mol. The molecule has 1 aliphatic carbocycles. The summed E-state index contributed by atoms with van der Waals surface area (Å²) in [6.07, 6.45) is 5.01. The van der Waals surface area contributed by atoms with Gasteiger partial charge in [0.05, 0.1) is 5.41 Å². The number of amides is 2. The maximum Gasteiger partial charge on any atom is 0.315 e. The normalized spacial score (nSPS) is 25.6. The van der Waals surface area contributed by atoms with Crippen molar-refractivity contribution >= 4 is 12.0 Å². The van der Waals surface area contributed by atoms with E-state index in [4.69, 9.17) is 0 Å². The molecule has 5 nitrogen and oxygen atoms in total. The van der Waals surface area contributed by atoms with Crippen LogP contribution in [0.15, 0.2) is 11.6 Å². The summed E-state index contributed by atoms with van der Waals surface area (Å²) < 4.78 is 0. The number of nitrogens with one attached hydrogen (secondary N) is 2. The molecule has 1 aliphatic rings. The van der Waals surface area contributed by atoms with E-state index in [0.717, 1.165) is 18.4 Å². The van der Waals surface area contributed by atoms with Gasteiger partial charge < -0.3 is 15.7 Å². The van der Waals surface area contributed by atoms with Crippen molar-refractivity contribution in [2.24, 2.45) is 11.3 Å². The molecule has 1 fully saturated rings. The van der Waals surface area contributed by atoms with Crippen molar-refractivity contribution in [2.45, 2.75) is 46.5 Å². The highest BCUT2D eigenvalue weighted by atomic mass is 16.4. The Bertz CT molecular complexity index is 379. The lowest BCUT2D eigenvalue weighted by Gasteiger charge is -2.35. The fraction of sp³-hybridized carbons (Fsp3) is 0.733. The summed E-state index contributed by atoms with van der Waals surface area (Å²) in [5, 5.41) is 14.9. The van der Waals surface area contributed by atoms with E-state index in [-0.39, 0.29) is 12.6 Å². The van der Waals surface area contributed by atoms with Crippen molar-refractivity contribution < 1.29 is 14.7 Å². The van der Waals surface area contributed by atoms with Gasteiger partial charge in [0.15, 0.2) is 0 Å². The Labute approximate surface area is 120 Å². The Morgan fingerprint density at radius 3 is 2.35 bits per heavy atom. The molecule has 20 heavy (non-hydrogen) atoms. The molecule has 5 heteroatoms. The third-order valence-electron chi connectivity index (χ3n) is 4.05. The molecule has 0 aromatic heterocycles. The molecule has 0 saturated heterocycles. The number of hydrogen-bond acceptors (Lipinski definition) is 2. The summed E-state index contributed by atoms with van der Waals surface area (Å²) in [5.41, 5.74) is 0.342. The number of rotatable bonds is 5. The lowest BCUT2D eigenvalue weighted by molar-refractivity contribution is -0.151. The number of carboxylic acid groups (broad SMARTS) is 1. The molecule has 1 rings (SSSR count). The van der Waals surface area contributed by atoms with Gasteiger partial charge in [-0.05, 0) is 45.4 Å². The average molecular weight is 282 g/mol. The number of carbonyl (C=O) groups excluding carboxylic acids is 1. The second kappa shape index (κ2) is 7.31. The van der Waals surface area contributed by atoms with E-state index in [1.54, 1.807) is 0 Å². The van der Waals surface area contributed by atoms with Crippen molar-refractivity contribution in [3.8, 4) is 0 Å². The maximum absolute atomic E-state index is 11.7. The third-order valence-corrected chi connectivity index (χ3v) is 4.05. The molecule has 0 aromatic rings. The van der Waals surface area contributed by atoms with Gasteiger partial charge in [-0.2, -0.15) is 0 Å². The SMILES string of the molecule is CC(C)=CCNC(=O)NCC1(C(=O)O)CCC(C)CC1. The van der Waals surface area contributed by atoms with E-state index in [2.05, 4.69) is 17.6 Å². The van der Waals surface area contributed by atoms with Gasteiger partial charge in [-0.1, -0.05) is 18.6 Å². The Morgan fingerprint density at radius 1 is 1.25 bits per heavy atom. The zero-order chi connectivity index (χ0) is 15.2. The van der Waals surface area contributed by atoms with Gasteiger partial charge in [0.1, 0.15) is 0 Å². The molecule has 0 aliphatic heterocycles. The van der Waals surface area contributed by atoms with Crippen LogP contribution in [0.2, 0.25) is 0 Å². The van der Waals surface area contributed by atoms with Crippen LogP contribution in [0.25, 0.3) is 0 Å². The van der Waals surface area contributed by atoms with Crippen LogP contribution in [-0.2, 0) is 4.79 Å². The molecule has 0 bridgehead atoms. The topological polar surface area (TPSA) is 78.4 Å². The molecule has 3 N–H and O–H groups in total. The van der Waals surface area contributed by atoms with Crippen molar-refractivity contribution in [3.05, 3.63) is 11.6 Å². The van der Waals surface area contributed by atoms with E-state index >= 15 is 0 Å². The van der Waals surface area contributed by atoms with Crippen molar-refractivity contribution in [1.82, 2.24) is 10.6 Å².